The van der Waals surface area contributed by atoms with Gasteiger partial charge in [0.2, 0.25) is 5.06 Å². The van der Waals surface area contributed by atoms with Crippen molar-refractivity contribution in [1.82, 2.24) is 4.98 Å². The topological polar surface area (TPSA) is 57.4 Å². The summed E-state index contributed by atoms with van der Waals surface area (Å²) in [6.07, 6.45) is 2.47. The van der Waals surface area contributed by atoms with Crippen LogP contribution in [0.15, 0.2) is 48.7 Å². The SMILES string of the molecule is CCc1cccc(Cl)c1Oc1ncc(Oc2ccc(C(C)N)cc2)s1. The fraction of sp³-hybridized carbons (Fsp3) is 0.211. The molecule has 6 heteroatoms. The third kappa shape index (κ3) is 4.31. The van der Waals surface area contributed by atoms with Crippen LogP contribution in [-0.2, 0) is 6.42 Å². The molecule has 4 nitrogen and oxygen atoms in total. The third-order valence-corrected chi connectivity index (χ3v) is 4.76. The molecule has 0 radical (unpaired) electrons. The van der Waals surface area contributed by atoms with Crippen LogP contribution in [0, 0.1) is 0 Å². The van der Waals surface area contributed by atoms with E-state index in [9.17, 15) is 0 Å². The van der Waals surface area contributed by atoms with E-state index < -0.39 is 0 Å². The van der Waals surface area contributed by atoms with Gasteiger partial charge in [-0.25, -0.2) is 4.98 Å². The van der Waals surface area contributed by atoms with Gasteiger partial charge in [0.05, 0.1) is 11.2 Å². The Morgan fingerprint density at radius 3 is 2.60 bits per heavy atom. The number of rotatable bonds is 6. The molecule has 3 aromatic rings. The van der Waals surface area contributed by atoms with E-state index in [4.69, 9.17) is 26.8 Å². The first kappa shape index (κ1) is 17.7. The molecule has 0 aliphatic carbocycles. The number of halogens is 1. The van der Waals surface area contributed by atoms with Gasteiger partial charge in [-0.15, -0.1) is 0 Å². The van der Waals surface area contributed by atoms with Crippen LogP contribution in [0.25, 0.3) is 0 Å². The Hall–Kier alpha value is -2.08. The predicted molar refractivity (Wildman–Crippen MR) is 102 cm³/mol. The first-order valence-corrected chi connectivity index (χ1v) is 9.20. The van der Waals surface area contributed by atoms with Crippen LogP contribution in [-0.4, -0.2) is 4.98 Å². The van der Waals surface area contributed by atoms with E-state index in [0.717, 1.165) is 23.3 Å². The Labute approximate surface area is 156 Å². The molecule has 1 heterocycles. The molecule has 0 aliphatic heterocycles. The summed E-state index contributed by atoms with van der Waals surface area (Å²) < 4.78 is 11.7. The molecule has 2 aromatic carbocycles. The molecule has 1 atom stereocenters. The maximum atomic E-state index is 6.25. The number of para-hydroxylation sites is 1. The van der Waals surface area contributed by atoms with Gasteiger partial charge >= 0.3 is 0 Å². The van der Waals surface area contributed by atoms with Crippen LogP contribution in [0.2, 0.25) is 5.02 Å². The summed E-state index contributed by atoms with van der Waals surface area (Å²) >= 11 is 7.57. The second kappa shape index (κ2) is 7.87. The van der Waals surface area contributed by atoms with Crippen molar-refractivity contribution in [2.75, 3.05) is 0 Å². The molecule has 2 N–H and O–H groups in total. The van der Waals surface area contributed by atoms with Gasteiger partial charge in [0.1, 0.15) is 5.75 Å². The quantitative estimate of drug-likeness (QED) is 0.578. The normalized spacial score (nSPS) is 12.0. The second-order valence-electron chi connectivity index (χ2n) is 5.59. The lowest BCUT2D eigenvalue weighted by molar-refractivity contribution is 0.473. The summed E-state index contributed by atoms with van der Waals surface area (Å²) in [5.74, 6) is 1.38. The minimum atomic E-state index is 0.000777. The lowest BCUT2D eigenvalue weighted by Gasteiger charge is -2.09. The van der Waals surface area contributed by atoms with Crippen molar-refractivity contribution in [3.8, 4) is 21.8 Å². The van der Waals surface area contributed by atoms with Crippen molar-refractivity contribution in [2.24, 2.45) is 5.73 Å². The zero-order chi connectivity index (χ0) is 17.8. The van der Waals surface area contributed by atoms with Crippen LogP contribution in [0.1, 0.15) is 31.0 Å². The highest BCUT2D eigenvalue weighted by atomic mass is 35.5. The zero-order valence-corrected chi connectivity index (χ0v) is 15.6. The summed E-state index contributed by atoms with van der Waals surface area (Å²) in [6, 6.07) is 13.4. The highest BCUT2D eigenvalue weighted by Crippen LogP contribution is 2.38. The minimum Gasteiger partial charge on any atom is -0.445 e. The first-order valence-electron chi connectivity index (χ1n) is 8.01. The van der Waals surface area contributed by atoms with E-state index in [-0.39, 0.29) is 6.04 Å². The van der Waals surface area contributed by atoms with Crippen molar-refractivity contribution >= 4 is 22.9 Å². The molecule has 0 aliphatic rings. The number of aromatic nitrogens is 1. The van der Waals surface area contributed by atoms with E-state index in [2.05, 4.69) is 11.9 Å². The van der Waals surface area contributed by atoms with Crippen LogP contribution in [0.5, 0.6) is 21.8 Å². The maximum Gasteiger partial charge on any atom is 0.282 e. The maximum absolute atomic E-state index is 6.25. The van der Waals surface area contributed by atoms with Gasteiger partial charge in [0.25, 0.3) is 5.19 Å². The van der Waals surface area contributed by atoms with Crippen molar-refractivity contribution < 1.29 is 9.47 Å². The zero-order valence-electron chi connectivity index (χ0n) is 14.0. The highest BCUT2D eigenvalue weighted by Gasteiger charge is 2.12. The Morgan fingerprint density at radius 2 is 1.92 bits per heavy atom. The monoisotopic (exact) mass is 374 g/mol. The van der Waals surface area contributed by atoms with Crippen LogP contribution < -0.4 is 15.2 Å². The Morgan fingerprint density at radius 1 is 1.16 bits per heavy atom. The van der Waals surface area contributed by atoms with Crippen molar-refractivity contribution in [2.45, 2.75) is 26.3 Å². The first-order chi connectivity index (χ1) is 12.1. The molecule has 0 amide bonds. The molecular weight excluding hydrogens is 356 g/mol. The molecule has 0 spiro atoms. The average Bonchev–Trinajstić information content (AvgIpc) is 3.04. The molecule has 1 aromatic heterocycles. The van der Waals surface area contributed by atoms with Crippen molar-refractivity contribution in [3.63, 3.8) is 0 Å². The highest BCUT2D eigenvalue weighted by molar-refractivity contribution is 7.15. The number of thiazole rings is 1. The lowest BCUT2D eigenvalue weighted by atomic mass is 10.1. The largest absolute Gasteiger partial charge is 0.445 e. The van der Waals surface area contributed by atoms with Crippen LogP contribution in [0.3, 0.4) is 0 Å². The molecule has 1 unspecified atom stereocenters. The van der Waals surface area contributed by atoms with Gasteiger partial charge in [-0.1, -0.05) is 42.8 Å². The molecule has 25 heavy (non-hydrogen) atoms. The fourth-order valence-electron chi connectivity index (χ4n) is 2.33. The van der Waals surface area contributed by atoms with E-state index in [1.54, 1.807) is 12.3 Å². The van der Waals surface area contributed by atoms with E-state index in [0.29, 0.717) is 21.0 Å². The minimum absolute atomic E-state index is 0.000777. The summed E-state index contributed by atoms with van der Waals surface area (Å²) in [4.78, 5) is 4.26. The number of nitrogens with two attached hydrogens (primary N) is 1. The van der Waals surface area contributed by atoms with Crippen molar-refractivity contribution in [1.29, 1.82) is 0 Å². The summed E-state index contributed by atoms with van der Waals surface area (Å²) in [6.45, 7) is 4.00. The molecular formula is C19H19ClN2O2S. The number of hydrogen-bond donors (Lipinski definition) is 1. The van der Waals surface area contributed by atoms with E-state index >= 15 is 0 Å². The number of hydrogen-bond acceptors (Lipinski definition) is 5. The second-order valence-corrected chi connectivity index (χ2v) is 6.95. The Balaban J connectivity index is 1.73. The average molecular weight is 375 g/mol. The standard InChI is InChI=1S/C19H19ClN2O2S/c1-3-13-5-4-6-16(20)18(13)24-19-22-11-17(25-19)23-15-9-7-14(8-10-15)12(2)21/h4-12H,3,21H2,1-2H3. The summed E-state index contributed by atoms with van der Waals surface area (Å²) in [5, 5.41) is 1.71. The number of nitrogens with zero attached hydrogens (tertiary/aromatic N) is 1. The smallest absolute Gasteiger partial charge is 0.282 e. The van der Waals surface area contributed by atoms with Crippen molar-refractivity contribution in [3.05, 3.63) is 64.8 Å². The molecule has 130 valence electrons. The molecule has 0 saturated carbocycles. The third-order valence-electron chi connectivity index (χ3n) is 3.71. The predicted octanol–water partition coefficient (Wildman–Crippen LogP) is 5.96. The van der Waals surface area contributed by atoms with Gasteiger partial charge in [-0.05, 0) is 54.0 Å². The van der Waals surface area contributed by atoms with E-state index in [1.165, 1.54) is 11.3 Å². The van der Waals surface area contributed by atoms with Gasteiger partial charge in [-0.2, -0.15) is 0 Å². The number of ether oxygens (including phenoxy) is 2. The van der Waals surface area contributed by atoms with Crippen LogP contribution >= 0.6 is 22.9 Å². The molecule has 0 fully saturated rings. The fourth-order valence-corrected chi connectivity index (χ4v) is 3.21. The Kier molecular flexibility index (Phi) is 5.58. The lowest BCUT2D eigenvalue weighted by Crippen LogP contribution is -2.04. The number of aryl methyl sites for hydroxylation is 1. The van der Waals surface area contributed by atoms with Gasteiger partial charge < -0.3 is 15.2 Å². The molecule has 3 rings (SSSR count). The van der Waals surface area contributed by atoms with Crippen LogP contribution in [0.4, 0.5) is 0 Å². The summed E-state index contributed by atoms with van der Waals surface area (Å²) in [5.41, 5.74) is 7.95. The van der Waals surface area contributed by atoms with Gasteiger partial charge in [0, 0.05) is 6.04 Å². The van der Waals surface area contributed by atoms with Gasteiger partial charge in [-0.3, -0.25) is 0 Å². The van der Waals surface area contributed by atoms with E-state index in [1.807, 2.05) is 43.3 Å². The summed E-state index contributed by atoms with van der Waals surface area (Å²) in [7, 11) is 0. The molecule has 0 bridgehead atoms. The Bertz CT molecular complexity index is 847. The van der Waals surface area contributed by atoms with Gasteiger partial charge in [0.15, 0.2) is 5.75 Å². The molecule has 0 saturated heterocycles. The number of benzene rings is 2.